The fourth-order valence-electron chi connectivity index (χ4n) is 3.73. The molecule has 1 atom stereocenters. The van der Waals surface area contributed by atoms with Crippen LogP contribution in [0, 0.1) is 11.6 Å². The number of hydrogen-bond acceptors (Lipinski definition) is 6. The van der Waals surface area contributed by atoms with Gasteiger partial charge >= 0.3 is 0 Å². The van der Waals surface area contributed by atoms with Crippen LogP contribution in [0.2, 0.25) is 0 Å². The second kappa shape index (κ2) is 10.3. The Morgan fingerprint density at radius 1 is 1.12 bits per heavy atom. The van der Waals surface area contributed by atoms with Gasteiger partial charge in [-0.2, -0.15) is 0 Å². The van der Waals surface area contributed by atoms with Crippen LogP contribution >= 0.6 is 0 Å². The van der Waals surface area contributed by atoms with E-state index in [4.69, 9.17) is 5.73 Å². The van der Waals surface area contributed by atoms with Gasteiger partial charge in [0.2, 0.25) is 0 Å². The Kier molecular flexibility index (Phi) is 7.07. The molecule has 0 saturated carbocycles. The summed E-state index contributed by atoms with van der Waals surface area (Å²) < 4.78 is 27.6. The van der Waals surface area contributed by atoms with Crippen LogP contribution in [-0.2, 0) is 6.54 Å². The normalized spacial score (nSPS) is 15.5. The third kappa shape index (κ3) is 5.34. The van der Waals surface area contributed by atoms with E-state index in [1.807, 2.05) is 0 Å². The number of benzene rings is 2. The quantitative estimate of drug-likeness (QED) is 0.443. The van der Waals surface area contributed by atoms with Gasteiger partial charge in [-0.1, -0.05) is 18.2 Å². The fraction of sp³-hybridized carbons (Fsp3) is 0.250. The molecular weight excluding hydrogens is 442 g/mol. The average molecular weight is 466 g/mol. The Balaban J connectivity index is 1.50. The Bertz CT molecular complexity index is 1190. The van der Waals surface area contributed by atoms with Crippen LogP contribution in [0.25, 0.3) is 11.3 Å². The standard InChI is InChI=1S/C24H24F2N6O2/c25-18-7-2-8-19(26)17(18)12-30-23(33)15-5-1-4-14(10-15)20-13-29-22(27)21(32-20)24(34)31-16-6-3-9-28-11-16/h1-2,4-5,7-8,10,13,16,28H,3,6,9,11-12H2,(H2,27,29)(H,30,33)(H,31,34)/t16-/m0/s1. The van der Waals surface area contributed by atoms with Gasteiger partial charge in [-0.25, -0.2) is 18.7 Å². The minimum absolute atomic E-state index is 0.00540. The summed E-state index contributed by atoms with van der Waals surface area (Å²) in [5, 5.41) is 8.66. The number of rotatable bonds is 6. The number of nitrogens with two attached hydrogens (primary N) is 1. The molecule has 10 heteroatoms. The second-order valence-electron chi connectivity index (χ2n) is 7.97. The molecule has 1 saturated heterocycles. The molecule has 0 radical (unpaired) electrons. The Hall–Kier alpha value is -3.92. The van der Waals surface area contributed by atoms with Crippen molar-refractivity contribution >= 4 is 17.6 Å². The van der Waals surface area contributed by atoms with E-state index in [1.165, 1.54) is 12.3 Å². The van der Waals surface area contributed by atoms with Gasteiger partial charge in [0.25, 0.3) is 11.8 Å². The Morgan fingerprint density at radius 3 is 2.62 bits per heavy atom. The molecule has 8 nitrogen and oxygen atoms in total. The number of nitrogens with one attached hydrogen (secondary N) is 3. The van der Waals surface area contributed by atoms with Crippen LogP contribution < -0.4 is 21.7 Å². The molecule has 3 aromatic rings. The number of halogens is 2. The predicted molar refractivity (Wildman–Crippen MR) is 123 cm³/mol. The van der Waals surface area contributed by atoms with Crippen LogP contribution in [0.4, 0.5) is 14.6 Å². The third-order valence-electron chi connectivity index (χ3n) is 5.56. The van der Waals surface area contributed by atoms with E-state index in [0.717, 1.165) is 31.5 Å². The molecule has 0 aliphatic carbocycles. The number of nitrogens with zero attached hydrogens (tertiary/aromatic N) is 2. The number of hydrogen-bond donors (Lipinski definition) is 4. The molecule has 1 aromatic heterocycles. The summed E-state index contributed by atoms with van der Waals surface area (Å²) in [7, 11) is 0. The zero-order valence-electron chi connectivity index (χ0n) is 18.3. The highest BCUT2D eigenvalue weighted by Crippen LogP contribution is 2.20. The fourth-order valence-corrected chi connectivity index (χ4v) is 3.73. The van der Waals surface area contributed by atoms with E-state index in [9.17, 15) is 18.4 Å². The number of aromatic nitrogens is 2. The first kappa shape index (κ1) is 23.2. The lowest BCUT2D eigenvalue weighted by Crippen LogP contribution is -2.46. The van der Waals surface area contributed by atoms with Crippen molar-refractivity contribution in [3.8, 4) is 11.3 Å². The van der Waals surface area contributed by atoms with Gasteiger partial charge in [0.15, 0.2) is 11.5 Å². The molecule has 34 heavy (non-hydrogen) atoms. The maximum atomic E-state index is 13.8. The van der Waals surface area contributed by atoms with Gasteiger partial charge in [0.1, 0.15) is 11.6 Å². The smallest absolute Gasteiger partial charge is 0.274 e. The molecule has 5 N–H and O–H groups in total. The summed E-state index contributed by atoms with van der Waals surface area (Å²) in [6.07, 6.45) is 3.24. The SMILES string of the molecule is Nc1ncc(-c2cccc(C(=O)NCc3c(F)cccc3F)c2)nc1C(=O)N[C@H]1CCCNC1. The van der Waals surface area contributed by atoms with Crippen molar-refractivity contribution in [2.45, 2.75) is 25.4 Å². The number of carbonyl (C=O) groups excluding carboxylic acids is 2. The molecule has 0 bridgehead atoms. The van der Waals surface area contributed by atoms with Gasteiger partial charge < -0.3 is 21.7 Å². The zero-order chi connectivity index (χ0) is 24.1. The van der Waals surface area contributed by atoms with E-state index in [0.29, 0.717) is 17.8 Å². The van der Waals surface area contributed by atoms with Crippen LogP contribution in [0.5, 0.6) is 0 Å². The molecule has 2 amide bonds. The van der Waals surface area contributed by atoms with E-state index in [1.54, 1.807) is 24.3 Å². The number of amides is 2. The molecule has 2 aromatic carbocycles. The summed E-state index contributed by atoms with van der Waals surface area (Å²) in [6.45, 7) is 1.29. The molecule has 1 aliphatic rings. The first-order valence-electron chi connectivity index (χ1n) is 10.9. The maximum absolute atomic E-state index is 13.8. The monoisotopic (exact) mass is 466 g/mol. The molecule has 2 heterocycles. The lowest BCUT2D eigenvalue weighted by molar-refractivity contribution is 0.0923. The molecule has 0 spiro atoms. The Morgan fingerprint density at radius 2 is 1.88 bits per heavy atom. The van der Waals surface area contributed by atoms with E-state index in [-0.39, 0.29) is 35.2 Å². The lowest BCUT2D eigenvalue weighted by atomic mass is 10.1. The van der Waals surface area contributed by atoms with Gasteiger partial charge in [-0.3, -0.25) is 9.59 Å². The second-order valence-corrected chi connectivity index (χ2v) is 7.97. The maximum Gasteiger partial charge on any atom is 0.274 e. The van der Waals surface area contributed by atoms with Crippen molar-refractivity contribution in [3.05, 3.63) is 77.1 Å². The summed E-state index contributed by atoms with van der Waals surface area (Å²) in [4.78, 5) is 33.8. The van der Waals surface area contributed by atoms with Crippen LogP contribution in [0.3, 0.4) is 0 Å². The van der Waals surface area contributed by atoms with Crippen LogP contribution in [-0.4, -0.2) is 40.9 Å². The van der Waals surface area contributed by atoms with Crippen LogP contribution in [0.15, 0.2) is 48.7 Å². The highest BCUT2D eigenvalue weighted by Gasteiger charge is 2.20. The van der Waals surface area contributed by atoms with E-state index < -0.39 is 23.4 Å². The highest BCUT2D eigenvalue weighted by molar-refractivity contribution is 5.97. The van der Waals surface area contributed by atoms with Gasteiger partial charge in [0.05, 0.1) is 11.9 Å². The van der Waals surface area contributed by atoms with Crippen molar-refractivity contribution in [1.82, 2.24) is 25.9 Å². The molecule has 1 aliphatic heterocycles. The minimum atomic E-state index is -0.735. The van der Waals surface area contributed by atoms with Crippen molar-refractivity contribution < 1.29 is 18.4 Å². The molecule has 0 unspecified atom stereocenters. The van der Waals surface area contributed by atoms with E-state index >= 15 is 0 Å². The van der Waals surface area contributed by atoms with E-state index in [2.05, 4.69) is 25.9 Å². The first-order chi connectivity index (χ1) is 16.4. The molecular formula is C24H24F2N6O2. The lowest BCUT2D eigenvalue weighted by Gasteiger charge is -2.23. The average Bonchev–Trinajstić information content (AvgIpc) is 2.84. The van der Waals surface area contributed by atoms with Gasteiger partial charge in [0, 0.05) is 35.8 Å². The summed E-state index contributed by atoms with van der Waals surface area (Å²) in [5.41, 5.74) is 6.83. The third-order valence-corrected chi connectivity index (χ3v) is 5.56. The van der Waals surface area contributed by atoms with Gasteiger partial charge in [-0.05, 0) is 43.7 Å². The van der Waals surface area contributed by atoms with Gasteiger partial charge in [-0.15, -0.1) is 0 Å². The van der Waals surface area contributed by atoms with Crippen molar-refractivity contribution in [1.29, 1.82) is 0 Å². The Labute approximate surface area is 195 Å². The summed E-state index contributed by atoms with van der Waals surface area (Å²) in [5.74, 6) is -2.40. The number of carbonyl (C=O) groups is 2. The topological polar surface area (TPSA) is 122 Å². The number of anilines is 1. The summed E-state index contributed by atoms with van der Waals surface area (Å²) >= 11 is 0. The van der Waals surface area contributed by atoms with Crippen molar-refractivity contribution in [3.63, 3.8) is 0 Å². The van der Waals surface area contributed by atoms with Crippen molar-refractivity contribution in [2.75, 3.05) is 18.8 Å². The number of nitrogen functional groups attached to an aromatic ring is 1. The largest absolute Gasteiger partial charge is 0.382 e. The first-order valence-corrected chi connectivity index (χ1v) is 10.9. The summed E-state index contributed by atoms with van der Waals surface area (Å²) in [6, 6.07) is 9.96. The molecule has 1 fully saturated rings. The number of piperidine rings is 1. The predicted octanol–water partition coefficient (Wildman–Crippen LogP) is 2.42. The molecule has 176 valence electrons. The zero-order valence-corrected chi connectivity index (χ0v) is 18.3. The molecule has 4 rings (SSSR count). The van der Waals surface area contributed by atoms with Crippen LogP contribution in [0.1, 0.15) is 39.3 Å². The highest BCUT2D eigenvalue weighted by atomic mass is 19.1. The minimum Gasteiger partial charge on any atom is -0.382 e. The van der Waals surface area contributed by atoms with Crippen molar-refractivity contribution in [2.24, 2.45) is 0 Å².